The molecule has 0 aliphatic rings. The van der Waals surface area contributed by atoms with Crippen LogP contribution in [0.1, 0.15) is 5.56 Å². The Bertz CT molecular complexity index is 1510. The van der Waals surface area contributed by atoms with E-state index in [1.807, 2.05) is 0 Å². The minimum absolute atomic E-state index is 0.168. The molecular weight excluding hydrogens is 447 g/mol. The summed E-state index contributed by atoms with van der Waals surface area (Å²) in [4.78, 5) is 30.1. The summed E-state index contributed by atoms with van der Waals surface area (Å²) in [6.07, 6.45) is 2.53. The van der Waals surface area contributed by atoms with Gasteiger partial charge in [-0.1, -0.05) is 41.9 Å². The molecule has 4 aromatic rings. The average Bonchev–Trinajstić information content (AvgIpc) is 2.82. The van der Waals surface area contributed by atoms with E-state index in [1.54, 1.807) is 54.6 Å². The number of aromatic nitrogens is 2. The molecule has 162 valence electrons. The average molecular weight is 461 g/mol. The number of nitrogens with one attached hydrogen (secondary N) is 1. The molecule has 0 atom stereocenters. The Kier molecular flexibility index (Phi) is 6.15. The first-order valence-electron chi connectivity index (χ1n) is 9.59. The maximum Gasteiger partial charge on any atom is 0.269 e. The fourth-order valence-corrected chi connectivity index (χ4v) is 3.14. The first kappa shape index (κ1) is 21.7. The molecule has 0 aliphatic heterocycles. The summed E-state index contributed by atoms with van der Waals surface area (Å²) in [6.45, 7) is 0. The van der Waals surface area contributed by atoms with Gasteiger partial charge in [0.05, 0.1) is 10.7 Å². The molecular formula is C24H14ClFN4O3. The van der Waals surface area contributed by atoms with E-state index in [0.717, 1.165) is 6.08 Å². The molecule has 2 aromatic heterocycles. The molecule has 7 nitrogen and oxygen atoms in total. The van der Waals surface area contributed by atoms with Crippen LogP contribution in [0.4, 0.5) is 10.1 Å². The van der Waals surface area contributed by atoms with Crippen LogP contribution in [0.25, 0.3) is 11.7 Å². The second-order valence-corrected chi connectivity index (χ2v) is 7.11. The van der Waals surface area contributed by atoms with Crippen LogP contribution in [-0.2, 0) is 4.79 Å². The standard InChI is InChI=1S/C24H14ClFN4O3/c25-17-7-1-3-9-19(17)28-22(31)15(14-27)13-16-23(33-20-10-4-2-8-18(20)26)29-21-11-5-6-12-30(21)24(16)32/h1-13H,(H,28,31)/b15-13-. The largest absolute Gasteiger partial charge is 0.435 e. The van der Waals surface area contributed by atoms with Gasteiger partial charge in [-0.3, -0.25) is 14.0 Å². The summed E-state index contributed by atoms with van der Waals surface area (Å²) >= 11 is 6.06. The first-order valence-corrected chi connectivity index (χ1v) is 9.97. The Morgan fingerprint density at radius 1 is 1.12 bits per heavy atom. The van der Waals surface area contributed by atoms with Crippen LogP contribution in [0.3, 0.4) is 0 Å². The van der Waals surface area contributed by atoms with Crippen molar-refractivity contribution in [2.45, 2.75) is 0 Å². The fourth-order valence-electron chi connectivity index (χ4n) is 2.96. The van der Waals surface area contributed by atoms with E-state index in [4.69, 9.17) is 16.3 Å². The first-order chi connectivity index (χ1) is 16.0. The zero-order valence-corrected chi connectivity index (χ0v) is 17.6. The van der Waals surface area contributed by atoms with E-state index in [0.29, 0.717) is 5.69 Å². The molecule has 2 heterocycles. The molecule has 0 spiro atoms. The van der Waals surface area contributed by atoms with E-state index in [9.17, 15) is 19.2 Å². The van der Waals surface area contributed by atoms with Gasteiger partial charge in [-0.2, -0.15) is 10.2 Å². The Balaban J connectivity index is 1.83. The van der Waals surface area contributed by atoms with Crippen LogP contribution < -0.4 is 15.6 Å². The fraction of sp³-hybridized carbons (Fsp3) is 0. The number of hydrogen-bond acceptors (Lipinski definition) is 5. The lowest BCUT2D eigenvalue weighted by atomic mass is 10.1. The second kappa shape index (κ2) is 9.34. The molecule has 0 radical (unpaired) electrons. The molecule has 0 fully saturated rings. The third kappa shape index (κ3) is 4.59. The van der Waals surface area contributed by atoms with Gasteiger partial charge in [0.25, 0.3) is 11.5 Å². The lowest BCUT2D eigenvalue weighted by Gasteiger charge is -2.11. The predicted molar refractivity (Wildman–Crippen MR) is 122 cm³/mol. The van der Waals surface area contributed by atoms with Gasteiger partial charge in [-0.15, -0.1) is 0 Å². The number of benzene rings is 2. The Labute approximate surface area is 192 Å². The lowest BCUT2D eigenvalue weighted by Crippen LogP contribution is -2.20. The van der Waals surface area contributed by atoms with Gasteiger partial charge in [0.2, 0.25) is 5.88 Å². The van der Waals surface area contributed by atoms with Crippen LogP contribution in [0, 0.1) is 17.1 Å². The molecule has 0 saturated carbocycles. The second-order valence-electron chi connectivity index (χ2n) is 6.70. The van der Waals surface area contributed by atoms with Gasteiger partial charge in [0, 0.05) is 6.20 Å². The van der Waals surface area contributed by atoms with Crippen molar-refractivity contribution in [3.05, 3.63) is 105 Å². The molecule has 0 unspecified atom stereocenters. The van der Waals surface area contributed by atoms with Gasteiger partial charge in [-0.05, 0) is 42.5 Å². The van der Waals surface area contributed by atoms with E-state index in [-0.39, 0.29) is 27.9 Å². The number of nitrogens with zero attached hydrogens (tertiary/aromatic N) is 3. The highest BCUT2D eigenvalue weighted by Crippen LogP contribution is 2.26. The zero-order chi connectivity index (χ0) is 23.4. The highest BCUT2D eigenvalue weighted by molar-refractivity contribution is 6.34. The Hall–Kier alpha value is -4.48. The summed E-state index contributed by atoms with van der Waals surface area (Å²) < 4.78 is 21.0. The van der Waals surface area contributed by atoms with Crippen LogP contribution in [0.15, 0.2) is 83.3 Å². The molecule has 0 aliphatic carbocycles. The topological polar surface area (TPSA) is 96.5 Å². The normalized spacial score (nSPS) is 11.1. The number of ether oxygens (including phenoxy) is 1. The van der Waals surface area contributed by atoms with Gasteiger partial charge < -0.3 is 10.1 Å². The number of anilines is 1. The number of para-hydroxylation sites is 2. The summed E-state index contributed by atoms with van der Waals surface area (Å²) in [5.74, 6) is -1.88. The number of pyridine rings is 1. The van der Waals surface area contributed by atoms with Crippen molar-refractivity contribution in [3.63, 3.8) is 0 Å². The van der Waals surface area contributed by atoms with E-state index < -0.39 is 22.9 Å². The van der Waals surface area contributed by atoms with Crippen molar-refractivity contribution in [2.75, 3.05) is 5.32 Å². The molecule has 4 rings (SSSR count). The molecule has 2 aromatic carbocycles. The van der Waals surface area contributed by atoms with Crippen molar-refractivity contribution in [1.82, 2.24) is 9.38 Å². The minimum atomic E-state index is -0.792. The van der Waals surface area contributed by atoms with E-state index in [1.165, 1.54) is 28.8 Å². The van der Waals surface area contributed by atoms with E-state index >= 15 is 0 Å². The SMILES string of the molecule is N#C/C(=C/c1c(Oc2ccccc2F)nc2ccccn2c1=O)C(=O)Nc1ccccc1Cl. The Morgan fingerprint density at radius 3 is 2.61 bits per heavy atom. The van der Waals surface area contributed by atoms with E-state index in [2.05, 4.69) is 10.3 Å². The molecule has 0 saturated heterocycles. The Morgan fingerprint density at radius 2 is 1.85 bits per heavy atom. The van der Waals surface area contributed by atoms with Crippen LogP contribution >= 0.6 is 11.6 Å². The van der Waals surface area contributed by atoms with Crippen LogP contribution in [0.5, 0.6) is 11.6 Å². The quantitative estimate of drug-likeness (QED) is 0.340. The minimum Gasteiger partial charge on any atom is -0.435 e. The number of fused-ring (bicyclic) bond motifs is 1. The molecule has 9 heteroatoms. The van der Waals surface area contributed by atoms with Crippen molar-refractivity contribution in [3.8, 4) is 17.7 Å². The lowest BCUT2D eigenvalue weighted by molar-refractivity contribution is -0.112. The highest BCUT2D eigenvalue weighted by atomic mass is 35.5. The number of rotatable bonds is 5. The zero-order valence-electron chi connectivity index (χ0n) is 16.8. The maximum atomic E-state index is 14.2. The smallest absolute Gasteiger partial charge is 0.269 e. The predicted octanol–water partition coefficient (Wildman–Crippen LogP) is 4.82. The van der Waals surface area contributed by atoms with Crippen molar-refractivity contribution >= 4 is 34.9 Å². The molecule has 1 amide bonds. The van der Waals surface area contributed by atoms with Gasteiger partial charge in [0.1, 0.15) is 22.9 Å². The number of hydrogen-bond donors (Lipinski definition) is 1. The molecule has 1 N–H and O–H groups in total. The summed E-state index contributed by atoms with van der Waals surface area (Å²) in [6, 6.07) is 18.7. The summed E-state index contributed by atoms with van der Waals surface area (Å²) in [5.41, 5.74) is -0.673. The molecule has 33 heavy (non-hydrogen) atoms. The third-order valence-electron chi connectivity index (χ3n) is 4.55. The number of carbonyl (C=O) groups is 1. The van der Waals surface area contributed by atoms with Gasteiger partial charge >= 0.3 is 0 Å². The van der Waals surface area contributed by atoms with Gasteiger partial charge in [0.15, 0.2) is 11.6 Å². The molecule has 0 bridgehead atoms. The van der Waals surface area contributed by atoms with Gasteiger partial charge in [-0.25, -0.2) is 4.39 Å². The summed E-state index contributed by atoms with van der Waals surface area (Å²) in [5, 5.41) is 12.4. The van der Waals surface area contributed by atoms with Crippen LogP contribution in [-0.4, -0.2) is 15.3 Å². The highest BCUT2D eigenvalue weighted by Gasteiger charge is 2.18. The van der Waals surface area contributed by atoms with Crippen LogP contribution in [0.2, 0.25) is 5.02 Å². The number of nitriles is 1. The number of carbonyl (C=O) groups excluding carboxylic acids is 1. The summed E-state index contributed by atoms with van der Waals surface area (Å²) in [7, 11) is 0. The number of amides is 1. The van der Waals surface area contributed by atoms with Crippen molar-refractivity contribution < 1.29 is 13.9 Å². The van der Waals surface area contributed by atoms with Crippen molar-refractivity contribution in [1.29, 1.82) is 5.26 Å². The maximum absolute atomic E-state index is 14.2. The monoisotopic (exact) mass is 460 g/mol. The van der Waals surface area contributed by atoms with Crippen molar-refractivity contribution in [2.24, 2.45) is 0 Å². The third-order valence-corrected chi connectivity index (χ3v) is 4.88. The number of halogens is 2.